The van der Waals surface area contributed by atoms with Gasteiger partial charge >= 0.3 is 12.1 Å². The Bertz CT molecular complexity index is 1630. The van der Waals surface area contributed by atoms with Crippen LogP contribution in [0.4, 0.5) is 9.93 Å². The maximum Gasteiger partial charge on any atom is 0.431 e. The van der Waals surface area contributed by atoms with Crippen LogP contribution in [-0.4, -0.2) is 113 Å². The van der Waals surface area contributed by atoms with Crippen molar-refractivity contribution in [1.29, 1.82) is 0 Å². The third kappa shape index (κ3) is 8.25. The SMILES string of the molecule is CC(C)(C)ON(Cc1nnc(SCC2(C(=O)O)CS[C@@H]3C(NC(=O)C(=NOC4C=CCC4)c4csc(NC=O)n4)C(=O)N3C2)s1)C(=O)O. The number of oxime groups is 1. The van der Waals surface area contributed by atoms with E-state index < -0.39 is 46.3 Å². The average molecular weight is 741 g/mol. The second-order valence-electron chi connectivity index (χ2n) is 11.9. The highest BCUT2D eigenvalue weighted by atomic mass is 32.2. The Balaban J connectivity index is 1.21. The number of nitrogens with zero attached hydrogens (tertiary/aromatic N) is 6. The van der Waals surface area contributed by atoms with Gasteiger partial charge in [-0.05, 0) is 39.7 Å². The molecule has 0 spiro atoms. The molecule has 2 aliphatic heterocycles. The second kappa shape index (κ2) is 14.8. The quantitative estimate of drug-likeness (QED) is 0.0545. The zero-order chi connectivity index (χ0) is 34.6. The minimum Gasteiger partial charge on any atom is -0.481 e. The molecule has 4 N–H and O–H groups in total. The normalized spacial score (nSPS) is 23.6. The fourth-order valence-electron chi connectivity index (χ4n) is 4.78. The standard InChI is InChI=1S/C27H32N8O9S4/c1-26(2,3)44-35(25(41)42)8-16-31-32-24(48-16)47-12-27(22(39)40)10-34-20(38)18(21(34)46-11-27)30-19(37)17(33-43-14-6-4-5-7-14)15-9-45-23(29-15)28-13-36/h4,6,9,13-14,18,21H,5,7-8,10-12H2,1-3H3,(H,30,37)(H,39,40)(H,41,42)(H,28,29,36)/t14?,18?,21-,27?/m1/s1. The van der Waals surface area contributed by atoms with Crippen LogP contribution in [0.2, 0.25) is 0 Å². The molecule has 2 saturated heterocycles. The average Bonchev–Trinajstić information content (AvgIpc) is 3.81. The number of rotatable bonds is 14. The van der Waals surface area contributed by atoms with E-state index in [0.717, 1.165) is 45.9 Å². The number of aromatic nitrogens is 3. The molecule has 3 aliphatic rings. The number of hydroxylamine groups is 2. The number of carbonyl (C=O) groups excluding carboxylic acids is 3. The number of thioether (sulfide) groups is 2. The first-order chi connectivity index (χ1) is 22.8. The van der Waals surface area contributed by atoms with Gasteiger partial charge in [0.1, 0.15) is 40.2 Å². The fourth-order valence-corrected chi connectivity index (χ4v) is 9.17. The van der Waals surface area contributed by atoms with E-state index in [1.807, 2.05) is 12.2 Å². The molecule has 21 heteroatoms. The number of carboxylic acids is 1. The van der Waals surface area contributed by atoms with Crippen molar-refractivity contribution < 1.29 is 43.9 Å². The Labute approximate surface area is 290 Å². The van der Waals surface area contributed by atoms with Gasteiger partial charge < -0.3 is 30.6 Å². The Morgan fingerprint density at radius 1 is 1.29 bits per heavy atom. The van der Waals surface area contributed by atoms with E-state index in [2.05, 4.69) is 31.0 Å². The van der Waals surface area contributed by atoms with Crippen LogP contribution in [0, 0.1) is 5.41 Å². The summed E-state index contributed by atoms with van der Waals surface area (Å²) in [6, 6.07) is -0.928. The molecular weight excluding hydrogens is 709 g/mol. The predicted octanol–water partition coefficient (Wildman–Crippen LogP) is 2.48. The predicted molar refractivity (Wildman–Crippen MR) is 177 cm³/mol. The van der Waals surface area contributed by atoms with Crippen molar-refractivity contribution in [1.82, 2.24) is 30.5 Å². The first-order valence-corrected chi connectivity index (χ1v) is 18.2. The van der Waals surface area contributed by atoms with Gasteiger partial charge in [-0.25, -0.2) is 9.78 Å². The van der Waals surface area contributed by atoms with Crippen LogP contribution in [0.3, 0.4) is 0 Å². The van der Waals surface area contributed by atoms with E-state index in [1.165, 1.54) is 22.0 Å². The Morgan fingerprint density at radius 2 is 2.08 bits per heavy atom. The van der Waals surface area contributed by atoms with Gasteiger partial charge in [0.15, 0.2) is 15.2 Å². The van der Waals surface area contributed by atoms with Crippen LogP contribution in [0.5, 0.6) is 0 Å². The molecule has 2 aromatic heterocycles. The molecule has 4 atom stereocenters. The molecule has 0 bridgehead atoms. The van der Waals surface area contributed by atoms with Crippen molar-refractivity contribution in [3.05, 3.63) is 28.2 Å². The van der Waals surface area contributed by atoms with Gasteiger partial charge in [-0.2, -0.15) is 5.06 Å². The highest BCUT2D eigenvalue weighted by Gasteiger charge is 2.57. The summed E-state index contributed by atoms with van der Waals surface area (Å²) in [6.07, 6.45) is 4.14. The van der Waals surface area contributed by atoms with Crippen LogP contribution in [0.25, 0.3) is 0 Å². The monoisotopic (exact) mass is 740 g/mol. The fraction of sp³-hybridized carbons (Fsp3) is 0.519. The molecule has 0 radical (unpaired) electrons. The molecule has 2 aromatic rings. The van der Waals surface area contributed by atoms with Crippen molar-refractivity contribution in [3.63, 3.8) is 0 Å². The number of nitrogens with one attached hydrogen (secondary N) is 2. The van der Waals surface area contributed by atoms with E-state index in [1.54, 1.807) is 20.8 Å². The van der Waals surface area contributed by atoms with E-state index in [-0.39, 0.29) is 47.2 Å². The molecule has 4 amide bonds. The topological polar surface area (TPSA) is 226 Å². The molecule has 2 fully saturated rings. The minimum absolute atomic E-state index is 0.0728. The Kier molecular flexibility index (Phi) is 10.9. The van der Waals surface area contributed by atoms with E-state index >= 15 is 0 Å². The highest BCUT2D eigenvalue weighted by molar-refractivity contribution is 8.01. The van der Waals surface area contributed by atoms with E-state index in [9.17, 15) is 34.2 Å². The zero-order valence-corrected chi connectivity index (χ0v) is 29.1. The lowest BCUT2D eigenvalue weighted by molar-refractivity contribution is -0.208. The summed E-state index contributed by atoms with van der Waals surface area (Å²) in [6.45, 7) is 4.90. The third-order valence-corrected chi connectivity index (χ3v) is 11.8. The number of thiazole rings is 1. The van der Waals surface area contributed by atoms with Gasteiger partial charge in [0.25, 0.3) is 5.91 Å². The number of fused-ring (bicyclic) bond motifs is 1. The number of allylic oxidation sites excluding steroid dienone is 1. The number of hydrogen-bond donors (Lipinski definition) is 4. The summed E-state index contributed by atoms with van der Waals surface area (Å²) in [5.74, 6) is -2.01. The van der Waals surface area contributed by atoms with Crippen LogP contribution < -0.4 is 10.6 Å². The lowest BCUT2D eigenvalue weighted by atomic mass is 9.89. The minimum atomic E-state index is -1.32. The van der Waals surface area contributed by atoms with Crippen LogP contribution in [0.15, 0.2) is 27.0 Å². The van der Waals surface area contributed by atoms with Crippen molar-refractivity contribution in [2.75, 3.05) is 23.4 Å². The van der Waals surface area contributed by atoms with Crippen LogP contribution in [0.1, 0.15) is 44.3 Å². The first-order valence-electron chi connectivity index (χ1n) is 14.5. The van der Waals surface area contributed by atoms with Crippen LogP contribution in [-0.2, 0) is 35.4 Å². The summed E-state index contributed by atoms with van der Waals surface area (Å²) in [5, 5.41) is 39.4. The molecular formula is C27H32N8O9S4. The third-order valence-electron chi connectivity index (χ3n) is 7.07. The van der Waals surface area contributed by atoms with Gasteiger partial charge in [-0.3, -0.25) is 24.0 Å². The van der Waals surface area contributed by atoms with Gasteiger partial charge in [0, 0.05) is 23.4 Å². The number of β-lactam (4-membered cyclic amide) rings is 1. The van der Waals surface area contributed by atoms with Crippen molar-refractivity contribution in [3.8, 4) is 0 Å². The second-order valence-corrected chi connectivity index (χ2v) is 16.1. The van der Waals surface area contributed by atoms with Crippen LogP contribution >= 0.6 is 46.2 Å². The number of carbonyl (C=O) groups is 5. The lowest BCUT2D eigenvalue weighted by Crippen LogP contribution is -2.74. The van der Waals surface area contributed by atoms with Gasteiger partial charge in [-0.15, -0.1) is 33.3 Å². The molecule has 258 valence electrons. The summed E-state index contributed by atoms with van der Waals surface area (Å²) in [5.41, 5.74) is -2.08. The lowest BCUT2D eigenvalue weighted by Gasteiger charge is -2.53. The van der Waals surface area contributed by atoms with Gasteiger partial charge in [0.2, 0.25) is 12.3 Å². The first kappa shape index (κ1) is 35.5. The summed E-state index contributed by atoms with van der Waals surface area (Å²) < 4.78 is 0.439. The molecule has 1 aliphatic carbocycles. The van der Waals surface area contributed by atoms with Gasteiger partial charge in [0.05, 0.1) is 5.60 Å². The number of amides is 4. The van der Waals surface area contributed by atoms with Crippen molar-refractivity contribution in [2.24, 2.45) is 10.6 Å². The Hall–Kier alpha value is -3.79. The molecule has 5 rings (SSSR count). The summed E-state index contributed by atoms with van der Waals surface area (Å²) >= 11 is 4.61. The molecule has 48 heavy (non-hydrogen) atoms. The maximum atomic E-state index is 13.4. The maximum absolute atomic E-state index is 13.4. The zero-order valence-electron chi connectivity index (χ0n) is 25.9. The molecule has 0 saturated carbocycles. The molecule has 0 aromatic carbocycles. The van der Waals surface area contributed by atoms with E-state index in [0.29, 0.717) is 22.2 Å². The highest BCUT2D eigenvalue weighted by Crippen LogP contribution is 2.44. The van der Waals surface area contributed by atoms with E-state index in [4.69, 9.17) is 9.68 Å². The van der Waals surface area contributed by atoms with Gasteiger partial charge in [-0.1, -0.05) is 34.3 Å². The number of hydrogen-bond acceptors (Lipinski definition) is 15. The molecule has 17 nitrogen and oxygen atoms in total. The van der Waals surface area contributed by atoms with Crippen molar-refractivity contribution in [2.45, 2.75) is 67.6 Å². The molecule has 4 heterocycles. The number of aliphatic carboxylic acids is 1. The smallest absolute Gasteiger partial charge is 0.431 e. The number of anilines is 1. The Morgan fingerprint density at radius 3 is 2.75 bits per heavy atom. The molecule has 3 unspecified atom stereocenters. The largest absolute Gasteiger partial charge is 0.481 e. The summed E-state index contributed by atoms with van der Waals surface area (Å²) in [7, 11) is 0. The summed E-state index contributed by atoms with van der Waals surface area (Å²) in [4.78, 5) is 78.3. The van der Waals surface area contributed by atoms with Crippen molar-refractivity contribution >= 4 is 87.3 Å². The number of carboxylic acid groups (broad SMARTS) is 2.